The van der Waals surface area contributed by atoms with Gasteiger partial charge < -0.3 is 0 Å². The van der Waals surface area contributed by atoms with Crippen molar-refractivity contribution >= 4 is 29.6 Å². The third-order valence-electron chi connectivity index (χ3n) is 14.2. The van der Waals surface area contributed by atoms with E-state index in [-0.39, 0.29) is 0 Å². The summed E-state index contributed by atoms with van der Waals surface area (Å²) >= 11 is -3.52. The molecule has 1 aliphatic heterocycles. The number of hydrogen-bond acceptors (Lipinski definition) is 0. The fourth-order valence-electron chi connectivity index (χ4n) is 11.6. The normalized spacial score (nSPS) is 18.5. The summed E-state index contributed by atoms with van der Waals surface area (Å²) in [4.78, 5) is 0. The van der Waals surface area contributed by atoms with E-state index >= 15 is 0 Å². The van der Waals surface area contributed by atoms with Gasteiger partial charge in [0, 0.05) is 0 Å². The molecule has 2 atom stereocenters. The molecule has 2 unspecified atom stereocenters. The van der Waals surface area contributed by atoms with Crippen LogP contribution in [-0.2, 0) is 20.0 Å². The van der Waals surface area contributed by atoms with E-state index in [1.807, 2.05) is 10.4 Å². The predicted molar refractivity (Wildman–Crippen MR) is 251 cm³/mol. The van der Waals surface area contributed by atoms with Gasteiger partial charge in [0.15, 0.2) is 0 Å². The van der Waals surface area contributed by atoms with E-state index in [1.165, 1.54) is 96.8 Å². The van der Waals surface area contributed by atoms with Gasteiger partial charge in [0.1, 0.15) is 0 Å². The van der Waals surface area contributed by atoms with Crippen LogP contribution in [0.1, 0.15) is 106 Å². The fraction of sp³-hybridized carbons (Fsp3) is 0.286. The minimum absolute atomic E-state index is 0.496. The van der Waals surface area contributed by atoms with E-state index < -0.39 is 28.0 Å². The van der Waals surface area contributed by atoms with Crippen LogP contribution >= 0.6 is 0 Å². The van der Waals surface area contributed by atoms with Crippen LogP contribution in [0.2, 0.25) is 21.4 Å². The average Bonchev–Trinajstić information content (AvgIpc) is 3.83. The van der Waals surface area contributed by atoms with Gasteiger partial charge in [-0.25, -0.2) is 0 Å². The number of unbranched alkanes of at least 4 members (excludes halogenated alkanes) is 6. The van der Waals surface area contributed by atoms with Gasteiger partial charge in [-0.2, -0.15) is 0 Å². The molecule has 4 bridgehead atoms. The van der Waals surface area contributed by atoms with Crippen molar-refractivity contribution in [3.63, 3.8) is 0 Å². The maximum atomic E-state index is 2.84. The molecular formula is C56H60HfSi. The monoisotopic (exact) mass is 940 g/mol. The molecular weight excluding hydrogens is 879 g/mol. The van der Waals surface area contributed by atoms with E-state index in [0.717, 1.165) is 0 Å². The number of allylic oxidation sites excluding steroid dienone is 2. The minimum atomic E-state index is -3.52. The van der Waals surface area contributed by atoms with Crippen molar-refractivity contribution < 1.29 is 20.0 Å². The van der Waals surface area contributed by atoms with E-state index in [4.69, 9.17) is 0 Å². The number of benzene rings is 6. The van der Waals surface area contributed by atoms with Crippen molar-refractivity contribution in [2.45, 2.75) is 94.0 Å². The molecule has 292 valence electrons. The Morgan fingerprint density at radius 2 is 0.724 bits per heavy atom. The van der Waals surface area contributed by atoms with Gasteiger partial charge in [-0.3, -0.25) is 0 Å². The number of hydrogen-bond donors (Lipinski definition) is 0. The first kappa shape index (κ1) is 39.4. The van der Waals surface area contributed by atoms with Crippen LogP contribution in [0.25, 0.3) is 43.8 Å². The van der Waals surface area contributed by atoms with Crippen LogP contribution in [0.3, 0.4) is 0 Å². The molecule has 6 aromatic carbocycles. The molecule has 0 radical (unpaired) electrons. The Morgan fingerprint density at radius 1 is 0.379 bits per heavy atom. The Labute approximate surface area is 354 Å². The molecule has 58 heavy (non-hydrogen) atoms. The molecule has 6 aromatic rings. The van der Waals surface area contributed by atoms with Crippen LogP contribution in [-0.4, -0.2) is 8.07 Å². The van der Waals surface area contributed by atoms with Crippen LogP contribution in [0.5, 0.6) is 0 Å². The Balaban J connectivity index is 1.36. The second-order valence-corrected chi connectivity index (χ2v) is 39.4. The first-order valence-electron chi connectivity index (χ1n) is 22.5. The number of rotatable bonds is 14. The topological polar surface area (TPSA) is 0 Å². The predicted octanol–water partition coefficient (Wildman–Crippen LogP) is 16.6. The molecule has 2 heteroatoms. The van der Waals surface area contributed by atoms with E-state index in [2.05, 4.69) is 181 Å². The van der Waals surface area contributed by atoms with Crippen molar-refractivity contribution in [3.8, 4) is 22.3 Å². The fourth-order valence-corrected chi connectivity index (χ4v) is 35.3. The molecule has 0 fully saturated rings. The Kier molecular flexibility index (Phi) is 11.4. The summed E-state index contributed by atoms with van der Waals surface area (Å²) in [5.74, 6) is 0. The molecule has 1 heterocycles. The molecule has 9 rings (SSSR count). The maximum absolute atomic E-state index is 3.52. The quantitative estimate of drug-likeness (QED) is 0.0754. The molecule has 0 saturated heterocycles. The molecule has 0 nitrogen and oxygen atoms in total. The molecule has 0 amide bonds. The average molecular weight is 940 g/mol. The number of fused-ring (bicyclic) bond motifs is 8. The van der Waals surface area contributed by atoms with E-state index in [0.29, 0.717) is 7.35 Å². The van der Waals surface area contributed by atoms with Crippen LogP contribution in [0.15, 0.2) is 158 Å². The molecule has 0 spiro atoms. The van der Waals surface area contributed by atoms with Crippen molar-refractivity contribution in [2.75, 3.05) is 0 Å². The summed E-state index contributed by atoms with van der Waals surface area (Å²) in [6.07, 6.45) is 10.5. The van der Waals surface area contributed by atoms with Crippen LogP contribution in [0.4, 0.5) is 0 Å². The zero-order valence-electron chi connectivity index (χ0n) is 35.2. The van der Waals surface area contributed by atoms with Gasteiger partial charge in [-0.15, -0.1) is 0 Å². The van der Waals surface area contributed by atoms with Crippen LogP contribution < -0.4 is 0 Å². The van der Waals surface area contributed by atoms with Gasteiger partial charge in [0.05, 0.1) is 0 Å². The van der Waals surface area contributed by atoms with Crippen molar-refractivity contribution in [3.05, 3.63) is 191 Å². The Morgan fingerprint density at radius 3 is 1.12 bits per heavy atom. The van der Waals surface area contributed by atoms with Gasteiger partial charge in [-0.1, -0.05) is 0 Å². The van der Waals surface area contributed by atoms with Crippen molar-refractivity contribution in [2.24, 2.45) is 0 Å². The van der Waals surface area contributed by atoms with Gasteiger partial charge in [0.2, 0.25) is 0 Å². The summed E-state index contributed by atoms with van der Waals surface area (Å²) in [5.41, 5.74) is 18.3. The third kappa shape index (κ3) is 6.87. The summed E-state index contributed by atoms with van der Waals surface area (Å²) in [7, 11) is -2.46. The summed E-state index contributed by atoms with van der Waals surface area (Å²) in [6.45, 7) is 4.75. The standard InChI is InChI=1S/C54H54Si.2CH3.Hf/c1-3-5-7-19-37-55(38-20-8-6-4-2,53-49-27-17-15-25-47(49)39-51(53)45-33-29-43(30-34-45)41-21-11-9-12-22-41)54-50-28-18-16-26-48(50)40-52(54)46-35-31-44(32-36-46)42-23-13-10-14-24-42;;;/h9-18,21-36,39-40H,3-8,19-20,37-38H2,1-2H3;2*1H3;. The molecule has 2 aliphatic carbocycles. The van der Waals surface area contributed by atoms with Gasteiger partial charge in [-0.05, 0) is 0 Å². The second-order valence-electron chi connectivity index (χ2n) is 18.0. The molecule has 0 N–H and O–H groups in total. The second kappa shape index (κ2) is 16.9. The zero-order valence-corrected chi connectivity index (χ0v) is 39.8. The first-order chi connectivity index (χ1) is 28.5. The zero-order chi connectivity index (χ0) is 39.7. The molecule has 0 aromatic heterocycles. The van der Waals surface area contributed by atoms with Crippen LogP contribution in [0, 0.1) is 0 Å². The van der Waals surface area contributed by atoms with Gasteiger partial charge in [0.25, 0.3) is 0 Å². The van der Waals surface area contributed by atoms with Gasteiger partial charge >= 0.3 is 357 Å². The summed E-state index contributed by atoms with van der Waals surface area (Å²) < 4.78 is 6.68. The Bertz CT molecular complexity index is 2260. The molecule has 3 aliphatic rings. The summed E-state index contributed by atoms with van der Waals surface area (Å²) in [5, 5.41) is 3.65. The van der Waals surface area contributed by atoms with Crippen molar-refractivity contribution in [1.29, 1.82) is 0 Å². The van der Waals surface area contributed by atoms with E-state index in [9.17, 15) is 0 Å². The molecule has 0 saturated carbocycles. The third-order valence-corrected chi connectivity index (χ3v) is 34.6. The van der Waals surface area contributed by atoms with E-state index in [1.54, 1.807) is 33.4 Å². The Hall–Kier alpha value is -4.11. The summed E-state index contributed by atoms with van der Waals surface area (Å²) in [6, 6.07) is 64.2. The van der Waals surface area contributed by atoms with Crippen molar-refractivity contribution in [1.82, 2.24) is 0 Å². The first-order valence-corrected chi connectivity index (χ1v) is 36.2. The SMILES string of the molecule is CCCCCC[Si]1(CCCCCC)C2=C(c3ccc(-c4ccccc4)cc3)[CH](c3ccccc32)[Hf]([CH3])([CH3])[CH]2C(c3ccc(-c4ccccc4)cc3)=C1c1ccccc12.